The summed E-state index contributed by atoms with van der Waals surface area (Å²) in [7, 11) is 0. The summed E-state index contributed by atoms with van der Waals surface area (Å²) in [6, 6.07) is 18.2. The van der Waals surface area contributed by atoms with Gasteiger partial charge in [-0.15, -0.1) is 0 Å². The van der Waals surface area contributed by atoms with Crippen molar-refractivity contribution in [1.82, 2.24) is 24.2 Å². The molecule has 0 spiro atoms. The third kappa shape index (κ3) is 4.21. The van der Waals surface area contributed by atoms with Crippen LogP contribution in [0, 0.1) is 17.6 Å². The van der Waals surface area contributed by atoms with E-state index in [1.165, 1.54) is 41.0 Å². The Hall–Kier alpha value is -3.58. The minimum Gasteiger partial charge on any atom is -0.327 e. The Bertz CT molecular complexity index is 1590. The van der Waals surface area contributed by atoms with Crippen LogP contribution < -0.4 is 0 Å². The number of halogens is 2. The highest BCUT2D eigenvalue weighted by atomic mass is 19.1. The molecular formula is C30H29F2N5. The van der Waals surface area contributed by atoms with Crippen molar-refractivity contribution in [3.63, 3.8) is 0 Å². The average molecular weight is 498 g/mol. The molecule has 3 heterocycles. The molecule has 0 bridgehead atoms. The maximum Gasteiger partial charge on any atom is 0.148 e. The van der Waals surface area contributed by atoms with Gasteiger partial charge in [-0.1, -0.05) is 24.3 Å². The van der Waals surface area contributed by atoms with E-state index in [4.69, 9.17) is 4.98 Å². The molecule has 1 aliphatic heterocycles. The predicted octanol–water partition coefficient (Wildman–Crippen LogP) is 6.44. The summed E-state index contributed by atoms with van der Waals surface area (Å²) in [6.07, 6.45) is 6.35. The van der Waals surface area contributed by atoms with E-state index in [-0.39, 0.29) is 11.6 Å². The Morgan fingerprint density at radius 3 is 2.43 bits per heavy atom. The van der Waals surface area contributed by atoms with Gasteiger partial charge in [0, 0.05) is 36.0 Å². The van der Waals surface area contributed by atoms with E-state index in [1.54, 1.807) is 24.4 Å². The van der Waals surface area contributed by atoms with Crippen LogP contribution in [-0.4, -0.2) is 37.3 Å². The highest BCUT2D eigenvalue weighted by Crippen LogP contribution is 2.36. The summed E-state index contributed by atoms with van der Waals surface area (Å²) >= 11 is 0. The fraction of sp³-hybridized carbons (Fsp3) is 0.333. The van der Waals surface area contributed by atoms with Gasteiger partial charge in [0.05, 0.1) is 22.7 Å². The molecular weight excluding hydrogens is 468 g/mol. The maximum atomic E-state index is 15.2. The first-order valence-electron chi connectivity index (χ1n) is 13.2. The Balaban J connectivity index is 1.09. The van der Waals surface area contributed by atoms with E-state index in [1.807, 2.05) is 6.07 Å². The van der Waals surface area contributed by atoms with Gasteiger partial charge in [-0.25, -0.2) is 18.4 Å². The van der Waals surface area contributed by atoms with Crippen LogP contribution in [0.3, 0.4) is 0 Å². The number of fused-ring (bicyclic) bond motifs is 2. The van der Waals surface area contributed by atoms with Crippen LogP contribution in [-0.2, 0) is 13.1 Å². The number of para-hydroxylation sites is 3. The molecule has 5 aromatic rings. The maximum absolute atomic E-state index is 15.2. The molecule has 37 heavy (non-hydrogen) atoms. The molecule has 1 saturated carbocycles. The molecule has 0 unspecified atom stereocenters. The van der Waals surface area contributed by atoms with Gasteiger partial charge in [0.25, 0.3) is 0 Å². The summed E-state index contributed by atoms with van der Waals surface area (Å²) in [5, 5.41) is 5.15. The van der Waals surface area contributed by atoms with Crippen molar-refractivity contribution in [3.05, 3.63) is 89.9 Å². The molecule has 0 radical (unpaired) electrons. The van der Waals surface area contributed by atoms with Crippen LogP contribution in [0.2, 0.25) is 0 Å². The molecule has 1 aliphatic carbocycles. The standard InChI is InChI=1S/C30H29F2N5/c31-24-5-1-3-7-27(24)37-29-16-25(32)23(15-22(29)17-33-37)19-35-13-11-21(12-14-35)30-34-26-6-2-4-8-28(26)36(30)18-20-9-10-20/h1-8,15-17,20-21H,9-14,18-19H2. The quantitative estimate of drug-likeness (QED) is 0.271. The van der Waals surface area contributed by atoms with E-state index in [0.717, 1.165) is 49.3 Å². The molecule has 0 N–H and O–H groups in total. The zero-order valence-corrected chi connectivity index (χ0v) is 20.7. The number of hydrogen-bond donors (Lipinski definition) is 0. The van der Waals surface area contributed by atoms with Crippen molar-refractivity contribution in [2.75, 3.05) is 13.1 Å². The van der Waals surface area contributed by atoms with E-state index in [0.29, 0.717) is 29.2 Å². The van der Waals surface area contributed by atoms with Crippen LogP contribution >= 0.6 is 0 Å². The molecule has 7 rings (SSSR count). The number of imidazole rings is 1. The summed E-state index contributed by atoms with van der Waals surface area (Å²) < 4.78 is 33.5. The Kier molecular flexibility index (Phi) is 5.54. The second-order valence-electron chi connectivity index (χ2n) is 10.6. The lowest BCUT2D eigenvalue weighted by Gasteiger charge is -2.32. The number of benzene rings is 3. The number of rotatable bonds is 6. The lowest BCUT2D eigenvalue weighted by Crippen LogP contribution is -2.33. The van der Waals surface area contributed by atoms with Crippen molar-refractivity contribution in [1.29, 1.82) is 0 Å². The van der Waals surface area contributed by atoms with E-state index < -0.39 is 0 Å². The molecule has 7 heteroatoms. The van der Waals surface area contributed by atoms with Crippen molar-refractivity contribution in [2.24, 2.45) is 5.92 Å². The van der Waals surface area contributed by atoms with Crippen LogP contribution in [0.4, 0.5) is 8.78 Å². The summed E-state index contributed by atoms with van der Waals surface area (Å²) in [5.41, 5.74) is 3.88. The first-order valence-corrected chi connectivity index (χ1v) is 13.2. The van der Waals surface area contributed by atoms with Gasteiger partial charge in [-0.2, -0.15) is 5.10 Å². The van der Waals surface area contributed by atoms with Crippen molar-refractivity contribution >= 4 is 21.9 Å². The van der Waals surface area contributed by atoms with Crippen LogP contribution in [0.25, 0.3) is 27.6 Å². The van der Waals surface area contributed by atoms with Crippen LogP contribution in [0.15, 0.2) is 66.9 Å². The van der Waals surface area contributed by atoms with Crippen LogP contribution in [0.5, 0.6) is 0 Å². The highest BCUT2D eigenvalue weighted by Gasteiger charge is 2.29. The summed E-state index contributed by atoms with van der Waals surface area (Å²) in [5.74, 6) is 1.77. The summed E-state index contributed by atoms with van der Waals surface area (Å²) in [6.45, 7) is 3.44. The van der Waals surface area contributed by atoms with Gasteiger partial charge in [0.15, 0.2) is 0 Å². The zero-order valence-electron chi connectivity index (χ0n) is 20.7. The van der Waals surface area contributed by atoms with Gasteiger partial charge >= 0.3 is 0 Å². The zero-order chi connectivity index (χ0) is 24.9. The topological polar surface area (TPSA) is 38.9 Å². The monoisotopic (exact) mass is 497 g/mol. The average Bonchev–Trinajstić information content (AvgIpc) is 3.54. The fourth-order valence-electron chi connectivity index (χ4n) is 5.78. The normalized spacial score (nSPS) is 17.2. The minimum atomic E-state index is -0.384. The van der Waals surface area contributed by atoms with Crippen LogP contribution in [0.1, 0.15) is 43.0 Å². The molecule has 2 aromatic heterocycles. The van der Waals surface area contributed by atoms with Gasteiger partial charge < -0.3 is 4.57 Å². The van der Waals surface area contributed by atoms with E-state index in [9.17, 15) is 4.39 Å². The Morgan fingerprint density at radius 2 is 1.62 bits per heavy atom. The lowest BCUT2D eigenvalue weighted by molar-refractivity contribution is 0.198. The van der Waals surface area contributed by atoms with E-state index >= 15 is 4.39 Å². The predicted molar refractivity (Wildman–Crippen MR) is 141 cm³/mol. The minimum absolute atomic E-state index is 0.279. The van der Waals surface area contributed by atoms with Gasteiger partial charge in [0.1, 0.15) is 23.1 Å². The van der Waals surface area contributed by atoms with E-state index in [2.05, 4.69) is 38.8 Å². The number of hydrogen-bond acceptors (Lipinski definition) is 3. The first kappa shape index (κ1) is 22.6. The Morgan fingerprint density at radius 1 is 0.838 bits per heavy atom. The number of likely N-dealkylation sites (tertiary alicyclic amines) is 1. The summed E-state index contributed by atoms with van der Waals surface area (Å²) in [4.78, 5) is 7.39. The molecule has 2 aliphatic rings. The molecule has 2 fully saturated rings. The fourth-order valence-corrected chi connectivity index (χ4v) is 5.78. The molecule has 1 saturated heterocycles. The lowest BCUT2D eigenvalue weighted by atomic mass is 9.95. The smallest absolute Gasteiger partial charge is 0.148 e. The third-order valence-electron chi connectivity index (χ3n) is 7.99. The van der Waals surface area contributed by atoms with Crippen molar-refractivity contribution in [3.8, 4) is 5.69 Å². The number of nitrogens with zero attached hydrogens (tertiary/aromatic N) is 5. The van der Waals surface area contributed by atoms with Gasteiger partial charge in [0.2, 0.25) is 0 Å². The largest absolute Gasteiger partial charge is 0.327 e. The molecule has 5 nitrogen and oxygen atoms in total. The first-order chi connectivity index (χ1) is 18.1. The highest BCUT2D eigenvalue weighted by molar-refractivity contribution is 5.81. The second-order valence-corrected chi connectivity index (χ2v) is 10.6. The SMILES string of the molecule is Fc1cc2c(cnn2-c2ccccc2F)cc1CN1CCC(c2nc3ccccc3n2CC2CC2)CC1. The Labute approximate surface area is 214 Å². The number of piperidine rings is 1. The molecule has 0 amide bonds. The van der Waals surface area contributed by atoms with Crippen molar-refractivity contribution < 1.29 is 8.78 Å². The second kappa shape index (κ2) is 9.06. The number of aromatic nitrogens is 4. The molecule has 188 valence electrons. The van der Waals surface area contributed by atoms with Gasteiger partial charge in [-0.05, 0) is 75.0 Å². The van der Waals surface area contributed by atoms with Crippen molar-refractivity contribution in [2.45, 2.75) is 44.7 Å². The molecule has 0 atom stereocenters. The molecule has 3 aromatic carbocycles. The third-order valence-corrected chi connectivity index (χ3v) is 7.99. The van der Waals surface area contributed by atoms with Gasteiger partial charge in [-0.3, -0.25) is 4.90 Å².